The van der Waals surface area contributed by atoms with Crippen molar-refractivity contribution in [3.05, 3.63) is 11.8 Å². The van der Waals surface area contributed by atoms with Gasteiger partial charge < -0.3 is 15.0 Å². The first-order valence-corrected chi connectivity index (χ1v) is 8.11. The summed E-state index contributed by atoms with van der Waals surface area (Å²) >= 11 is 0. The van der Waals surface area contributed by atoms with Crippen LogP contribution in [0.3, 0.4) is 0 Å². The van der Waals surface area contributed by atoms with Crippen molar-refractivity contribution in [1.82, 2.24) is 20.0 Å². The predicted molar refractivity (Wildman–Crippen MR) is 86.3 cm³/mol. The summed E-state index contributed by atoms with van der Waals surface area (Å²) in [6.45, 7) is 0.737. The van der Waals surface area contributed by atoms with E-state index in [1.165, 1.54) is 48.8 Å². The third-order valence-corrected chi connectivity index (χ3v) is 4.26. The van der Waals surface area contributed by atoms with Gasteiger partial charge in [-0.05, 0) is 18.8 Å². The molecular weight excluding hydrogens is 296 g/mol. The lowest BCUT2D eigenvalue weighted by molar-refractivity contribution is -0.121. The van der Waals surface area contributed by atoms with Gasteiger partial charge in [-0.1, -0.05) is 19.3 Å². The summed E-state index contributed by atoms with van der Waals surface area (Å²) in [5, 5.41) is 6.99. The summed E-state index contributed by atoms with van der Waals surface area (Å²) in [6, 6.07) is 0. The first kappa shape index (κ1) is 17.3. The number of amides is 2. The van der Waals surface area contributed by atoms with Crippen molar-refractivity contribution in [2.75, 3.05) is 27.2 Å². The maximum absolute atomic E-state index is 12.4. The van der Waals surface area contributed by atoms with Gasteiger partial charge in [0.05, 0.1) is 13.7 Å². The van der Waals surface area contributed by atoms with E-state index in [4.69, 9.17) is 4.74 Å². The minimum Gasteiger partial charge on any atom is -0.479 e. The molecule has 1 N–H and O–H groups in total. The Morgan fingerprint density at radius 3 is 2.74 bits per heavy atom. The van der Waals surface area contributed by atoms with Crippen molar-refractivity contribution in [3.8, 4) is 5.88 Å². The minimum atomic E-state index is -0.275. The van der Waals surface area contributed by atoms with Gasteiger partial charge in [0.25, 0.3) is 5.91 Å². The van der Waals surface area contributed by atoms with E-state index in [-0.39, 0.29) is 24.2 Å². The quantitative estimate of drug-likeness (QED) is 0.854. The van der Waals surface area contributed by atoms with Crippen molar-refractivity contribution in [2.24, 2.45) is 13.0 Å². The monoisotopic (exact) mass is 322 g/mol. The molecule has 0 aliphatic heterocycles. The molecule has 7 nitrogen and oxygen atoms in total. The van der Waals surface area contributed by atoms with Crippen LogP contribution in [0.15, 0.2) is 6.20 Å². The van der Waals surface area contributed by atoms with E-state index in [0.29, 0.717) is 18.0 Å². The maximum Gasteiger partial charge on any atom is 0.261 e. The molecule has 1 heterocycles. The highest BCUT2D eigenvalue weighted by atomic mass is 16.5. The van der Waals surface area contributed by atoms with Gasteiger partial charge in [0.15, 0.2) is 0 Å². The second-order valence-corrected chi connectivity index (χ2v) is 6.20. The second kappa shape index (κ2) is 7.99. The van der Waals surface area contributed by atoms with Gasteiger partial charge in [0.2, 0.25) is 11.8 Å². The zero-order chi connectivity index (χ0) is 16.8. The van der Waals surface area contributed by atoms with Crippen LogP contribution in [-0.2, 0) is 11.8 Å². The number of nitrogens with one attached hydrogen (secondary N) is 1. The van der Waals surface area contributed by atoms with Crippen molar-refractivity contribution >= 4 is 11.8 Å². The standard InChI is InChI=1S/C16H26N4O3/c1-19(16(22)13-10-20(2)18-15(13)23-3)11-14(21)17-9-12-7-5-4-6-8-12/h10,12H,4-9,11H2,1-3H3,(H,17,21). The molecule has 0 atom stereocenters. The Kier molecular flexibility index (Phi) is 6.01. The number of nitrogens with zero attached hydrogens (tertiary/aromatic N) is 3. The summed E-state index contributed by atoms with van der Waals surface area (Å²) in [6.07, 6.45) is 7.76. The predicted octanol–water partition coefficient (Wildman–Crippen LogP) is 1.20. The third-order valence-electron chi connectivity index (χ3n) is 4.26. The highest BCUT2D eigenvalue weighted by Gasteiger charge is 2.22. The summed E-state index contributed by atoms with van der Waals surface area (Å²) < 4.78 is 6.61. The van der Waals surface area contributed by atoms with E-state index in [1.54, 1.807) is 20.3 Å². The molecule has 0 saturated heterocycles. The van der Waals surface area contributed by atoms with E-state index in [9.17, 15) is 9.59 Å². The molecule has 1 aromatic rings. The molecule has 1 aromatic heterocycles. The first-order chi connectivity index (χ1) is 11.0. The van der Waals surface area contributed by atoms with Crippen molar-refractivity contribution in [2.45, 2.75) is 32.1 Å². The molecule has 0 unspecified atom stereocenters. The average molecular weight is 322 g/mol. The fourth-order valence-electron chi connectivity index (χ4n) is 2.96. The Balaban J connectivity index is 1.83. The summed E-state index contributed by atoms with van der Waals surface area (Å²) in [5.74, 6) is 0.441. The third kappa shape index (κ3) is 4.71. The van der Waals surface area contributed by atoms with Crippen LogP contribution in [-0.4, -0.2) is 53.7 Å². The first-order valence-electron chi connectivity index (χ1n) is 8.11. The fourth-order valence-corrected chi connectivity index (χ4v) is 2.96. The van der Waals surface area contributed by atoms with Gasteiger partial charge in [-0.15, -0.1) is 5.10 Å². The topological polar surface area (TPSA) is 76.5 Å². The van der Waals surface area contributed by atoms with Crippen LogP contribution in [0.25, 0.3) is 0 Å². The van der Waals surface area contributed by atoms with Crippen molar-refractivity contribution in [3.63, 3.8) is 0 Å². The largest absolute Gasteiger partial charge is 0.479 e. The maximum atomic E-state index is 12.4. The number of ether oxygens (including phenoxy) is 1. The average Bonchev–Trinajstić information content (AvgIpc) is 2.94. The Morgan fingerprint density at radius 2 is 2.09 bits per heavy atom. The lowest BCUT2D eigenvalue weighted by atomic mass is 9.89. The molecule has 23 heavy (non-hydrogen) atoms. The zero-order valence-corrected chi connectivity index (χ0v) is 14.2. The van der Waals surface area contributed by atoms with Gasteiger partial charge >= 0.3 is 0 Å². The molecule has 2 rings (SSSR count). The van der Waals surface area contributed by atoms with Crippen LogP contribution in [0.5, 0.6) is 5.88 Å². The van der Waals surface area contributed by atoms with Gasteiger partial charge in [0.1, 0.15) is 5.56 Å². The molecule has 2 amide bonds. The van der Waals surface area contributed by atoms with Gasteiger partial charge in [-0.25, -0.2) is 0 Å². The molecular formula is C16H26N4O3. The highest BCUT2D eigenvalue weighted by molar-refractivity contribution is 5.98. The minimum absolute atomic E-state index is 0.0314. The Hall–Kier alpha value is -2.05. The van der Waals surface area contributed by atoms with Gasteiger partial charge in [-0.3, -0.25) is 14.3 Å². The van der Waals surface area contributed by atoms with Crippen LogP contribution < -0.4 is 10.1 Å². The highest BCUT2D eigenvalue weighted by Crippen LogP contribution is 2.22. The van der Waals surface area contributed by atoms with Gasteiger partial charge in [-0.2, -0.15) is 0 Å². The number of likely N-dealkylation sites (N-methyl/N-ethyl adjacent to an activating group) is 1. The number of hydrogen-bond donors (Lipinski definition) is 1. The molecule has 0 spiro atoms. The second-order valence-electron chi connectivity index (χ2n) is 6.20. The molecule has 1 saturated carbocycles. The van der Waals surface area contributed by atoms with E-state index in [0.717, 1.165) is 0 Å². The van der Waals surface area contributed by atoms with Crippen LogP contribution >= 0.6 is 0 Å². The molecule has 0 radical (unpaired) electrons. The number of aryl methyl sites for hydroxylation is 1. The van der Waals surface area contributed by atoms with Crippen LogP contribution in [0.2, 0.25) is 0 Å². The zero-order valence-electron chi connectivity index (χ0n) is 14.2. The van der Waals surface area contributed by atoms with E-state index < -0.39 is 0 Å². The summed E-state index contributed by atoms with van der Waals surface area (Å²) in [5.41, 5.74) is 0.359. The number of rotatable bonds is 6. The number of methoxy groups -OCH3 is 1. The number of carbonyl (C=O) groups excluding carboxylic acids is 2. The van der Waals surface area contributed by atoms with Crippen molar-refractivity contribution < 1.29 is 14.3 Å². The fraction of sp³-hybridized carbons (Fsp3) is 0.688. The molecule has 1 aliphatic rings. The lowest BCUT2D eigenvalue weighted by Gasteiger charge is -2.22. The number of aromatic nitrogens is 2. The van der Waals surface area contributed by atoms with Crippen molar-refractivity contribution in [1.29, 1.82) is 0 Å². The Bertz CT molecular complexity index is 550. The van der Waals surface area contributed by atoms with Crippen LogP contribution in [0.4, 0.5) is 0 Å². The Morgan fingerprint density at radius 1 is 1.39 bits per heavy atom. The summed E-state index contributed by atoms with van der Waals surface area (Å²) in [4.78, 5) is 25.8. The molecule has 1 fully saturated rings. The lowest BCUT2D eigenvalue weighted by Crippen LogP contribution is -2.40. The van der Waals surface area contributed by atoms with Crippen LogP contribution in [0, 0.1) is 5.92 Å². The molecule has 0 aromatic carbocycles. The molecule has 128 valence electrons. The smallest absolute Gasteiger partial charge is 0.261 e. The van der Waals surface area contributed by atoms with Crippen LogP contribution in [0.1, 0.15) is 42.5 Å². The SMILES string of the molecule is COc1nn(C)cc1C(=O)N(C)CC(=O)NCC1CCCCC1. The molecule has 1 aliphatic carbocycles. The molecule has 7 heteroatoms. The molecule has 0 bridgehead atoms. The van der Waals surface area contributed by atoms with E-state index in [2.05, 4.69) is 10.4 Å². The number of carbonyl (C=O) groups is 2. The Labute approximate surface area is 137 Å². The van der Waals surface area contributed by atoms with Gasteiger partial charge in [0, 0.05) is 26.8 Å². The summed E-state index contributed by atoms with van der Waals surface area (Å²) in [7, 11) is 4.79. The number of hydrogen-bond acceptors (Lipinski definition) is 4. The van der Waals surface area contributed by atoms with E-state index >= 15 is 0 Å². The van der Waals surface area contributed by atoms with E-state index in [1.807, 2.05) is 0 Å². The normalized spacial score (nSPS) is 15.3.